The van der Waals surface area contributed by atoms with Gasteiger partial charge in [-0.2, -0.15) is 0 Å². The summed E-state index contributed by atoms with van der Waals surface area (Å²) in [6.45, 7) is 9.01. The van der Waals surface area contributed by atoms with Crippen molar-refractivity contribution in [3.05, 3.63) is 0 Å². The first-order chi connectivity index (χ1) is 24.0. The Labute approximate surface area is 304 Å². The monoisotopic (exact) mass is 698 g/mol. The van der Waals surface area contributed by atoms with Crippen LogP contribution in [0.5, 0.6) is 0 Å². The predicted octanol–water partition coefficient (Wildman–Crippen LogP) is 10.7. The molecule has 0 radical (unpaired) electrons. The lowest BCUT2D eigenvalue weighted by Crippen LogP contribution is -2.36. The SMILES string of the molecule is CCCCCCCCCCCCCCOC(=O)CCN(CCCCCC(=O)OCC(CCCCCC)CCCCCCCC)CC(O)CO. The molecular weight excluding hydrogens is 614 g/mol. The van der Waals surface area contributed by atoms with Crippen LogP contribution in [0.1, 0.15) is 207 Å². The number of unbranched alkanes of at least 4 members (excludes halogenated alkanes) is 21. The smallest absolute Gasteiger partial charge is 0.307 e. The Morgan fingerprint density at radius 2 is 0.980 bits per heavy atom. The largest absolute Gasteiger partial charge is 0.466 e. The third kappa shape index (κ3) is 35.0. The third-order valence-corrected chi connectivity index (χ3v) is 9.84. The highest BCUT2D eigenvalue weighted by Gasteiger charge is 2.15. The standard InChI is InChI=1S/C42H83NO6/c1-4-7-10-13-15-16-17-18-19-20-22-28-35-48-42(47)32-34-43(36-40(45)37-44)33-27-23-26-31-41(46)49-38-39(29-24-12-9-6-3)30-25-21-14-11-8-5-2/h39-40,44-45H,4-38H2,1-3H3. The Kier molecular flexibility index (Phi) is 37.1. The van der Waals surface area contributed by atoms with E-state index < -0.39 is 6.10 Å². The Morgan fingerprint density at radius 3 is 1.51 bits per heavy atom. The molecular formula is C42H83NO6. The lowest BCUT2D eigenvalue weighted by molar-refractivity contribution is -0.146. The van der Waals surface area contributed by atoms with E-state index in [0.717, 1.165) is 44.9 Å². The highest BCUT2D eigenvalue weighted by atomic mass is 16.5. The summed E-state index contributed by atoms with van der Waals surface area (Å²) in [5.41, 5.74) is 0. The van der Waals surface area contributed by atoms with Gasteiger partial charge in [0.2, 0.25) is 0 Å². The zero-order valence-electron chi connectivity index (χ0n) is 32.9. The van der Waals surface area contributed by atoms with Gasteiger partial charge in [-0.1, -0.05) is 162 Å². The highest BCUT2D eigenvalue weighted by Crippen LogP contribution is 2.20. The summed E-state index contributed by atoms with van der Waals surface area (Å²) in [5.74, 6) is 0.189. The van der Waals surface area contributed by atoms with Crippen LogP contribution >= 0.6 is 0 Å². The van der Waals surface area contributed by atoms with Crippen molar-refractivity contribution in [1.29, 1.82) is 0 Å². The molecule has 0 amide bonds. The number of ether oxygens (including phenoxy) is 2. The maximum Gasteiger partial charge on any atom is 0.307 e. The molecule has 0 saturated carbocycles. The molecule has 7 heteroatoms. The number of rotatable bonds is 39. The minimum atomic E-state index is -0.835. The summed E-state index contributed by atoms with van der Waals surface area (Å²) in [6.07, 6.45) is 32.8. The molecule has 0 aromatic carbocycles. The number of carbonyl (C=O) groups is 2. The number of carbonyl (C=O) groups excluding carboxylic acids is 2. The molecule has 0 spiro atoms. The van der Waals surface area contributed by atoms with E-state index in [2.05, 4.69) is 20.8 Å². The zero-order chi connectivity index (χ0) is 36.0. The van der Waals surface area contributed by atoms with Gasteiger partial charge in [0.25, 0.3) is 0 Å². The van der Waals surface area contributed by atoms with E-state index in [1.165, 1.54) is 128 Å². The first-order valence-corrected chi connectivity index (χ1v) is 21.3. The van der Waals surface area contributed by atoms with Gasteiger partial charge >= 0.3 is 11.9 Å². The number of aliphatic hydroxyl groups excluding tert-OH is 2. The molecule has 0 heterocycles. The molecule has 0 aliphatic rings. The third-order valence-electron chi connectivity index (χ3n) is 9.84. The first-order valence-electron chi connectivity index (χ1n) is 21.3. The van der Waals surface area contributed by atoms with Gasteiger partial charge in [-0.25, -0.2) is 0 Å². The van der Waals surface area contributed by atoms with Crippen molar-refractivity contribution in [1.82, 2.24) is 4.90 Å². The zero-order valence-corrected chi connectivity index (χ0v) is 32.9. The van der Waals surface area contributed by atoms with Crippen LogP contribution in [0.25, 0.3) is 0 Å². The quantitative estimate of drug-likeness (QED) is 0.0487. The Balaban J connectivity index is 4.15. The Morgan fingerprint density at radius 1 is 0.531 bits per heavy atom. The maximum absolute atomic E-state index is 12.5. The molecule has 2 unspecified atom stereocenters. The van der Waals surface area contributed by atoms with Crippen molar-refractivity contribution >= 4 is 11.9 Å². The van der Waals surface area contributed by atoms with Crippen molar-refractivity contribution in [3.8, 4) is 0 Å². The van der Waals surface area contributed by atoms with Crippen LogP contribution in [0.3, 0.4) is 0 Å². The normalized spacial score (nSPS) is 12.8. The summed E-state index contributed by atoms with van der Waals surface area (Å²) in [4.78, 5) is 26.9. The second-order valence-electron chi connectivity index (χ2n) is 14.8. The topological polar surface area (TPSA) is 96.3 Å². The molecule has 0 fully saturated rings. The van der Waals surface area contributed by atoms with E-state index >= 15 is 0 Å². The van der Waals surface area contributed by atoms with Crippen LogP contribution in [0.4, 0.5) is 0 Å². The highest BCUT2D eigenvalue weighted by molar-refractivity contribution is 5.69. The molecule has 0 aromatic rings. The lowest BCUT2D eigenvalue weighted by atomic mass is 9.95. The predicted molar refractivity (Wildman–Crippen MR) is 206 cm³/mol. The molecule has 0 bridgehead atoms. The molecule has 0 rings (SSSR count). The summed E-state index contributed by atoms with van der Waals surface area (Å²) < 4.78 is 11.2. The summed E-state index contributed by atoms with van der Waals surface area (Å²) in [5, 5.41) is 19.4. The van der Waals surface area contributed by atoms with Crippen molar-refractivity contribution in [3.63, 3.8) is 0 Å². The van der Waals surface area contributed by atoms with Crippen LogP contribution in [0, 0.1) is 5.92 Å². The van der Waals surface area contributed by atoms with Gasteiger partial charge in [0, 0.05) is 19.5 Å². The van der Waals surface area contributed by atoms with Gasteiger partial charge in [-0.15, -0.1) is 0 Å². The fourth-order valence-electron chi connectivity index (χ4n) is 6.55. The first kappa shape index (κ1) is 47.8. The van der Waals surface area contributed by atoms with Crippen LogP contribution in [0.15, 0.2) is 0 Å². The van der Waals surface area contributed by atoms with Gasteiger partial charge in [0.1, 0.15) is 0 Å². The fraction of sp³-hybridized carbons (Fsp3) is 0.952. The molecule has 2 N–H and O–H groups in total. The number of hydrogen-bond acceptors (Lipinski definition) is 7. The van der Waals surface area contributed by atoms with Crippen molar-refractivity contribution in [2.24, 2.45) is 5.92 Å². The van der Waals surface area contributed by atoms with E-state index in [4.69, 9.17) is 9.47 Å². The molecule has 0 aromatic heterocycles. The minimum absolute atomic E-state index is 0.0926. The maximum atomic E-state index is 12.5. The van der Waals surface area contributed by atoms with Crippen LogP contribution in [-0.4, -0.2) is 72.6 Å². The van der Waals surface area contributed by atoms with E-state index in [9.17, 15) is 19.8 Å². The second-order valence-corrected chi connectivity index (χ2v) is 14.8. The molecule has 49 heavy (non-hydrogen) atoms. The van der Waals surface area contributed by atoms with E-state index in [1.807, 2.05) is 4.90 Å². The fourth-order valence-corrected chi connectivity index (χ4v) is 6.55. The van der Waals surface area contributed by atoms with Crippen molar-refractivity contribution in [2.75, 3.05) is 39.5 Å². The van der Waals surface area contributed by atoms with Gasteiger partial charge in [-0.05, 0) is 44.6 Å². The number of esters is 2. The average molecular weight is 698 g/mol. The Hall–Kier alpha value is -1.18. The molecule has 7 nitrogen and oxygen atoms in total. The lowest BCUT2D eigenvalue weighted by Gasteiger charge is -2.24. The molecule has 0 aliphatic carbocycles. The van der Waals surface area contributed by atoms with Gasteiger partial charge < -0.3 is 24.6 Å². The number of aliphatic hydroxyl groups is 2. The molecule has 2 atom stereocenters. The number of hydrogen-bond donors (Lipinski definition) is 2. The molecule has 292 valence electrons. The van der Waals surface area contributed by atoms with Crippen molar-refractivity contribution < 1.29 is 29.3 Å². The van der Waals surface area contributed by atoms with Crippen LogP contribution in [-0.2, 0) is 19.1 Å². The van der Waals surface area contributed by atoms with Crippen LogP contribution < -0.4 is 0 Å². The minimum Gasteiger partial charge on any atom is -0.466 e. The van der Waals surface area contributed by atoms with E-state index in [-0.39, 0.29) is 25.0 Å². The second kappa shape index (κ2) is 38.1. The molecule has 0 saturated heterocycles. The summed E-state index contributed by atoms with van der Waals surface area (Å²) in [6, 6.07) is 0. The average Bonchev–Trinajstić information content (AvgIpc) is 3.10. The molecule has 0 aliphatic heterocycles. The summed E-state index contributed by atoms with van der Waals surface area (Å²) in [7, 11) is 0. The van der Waals surface area contributed by atoms with Gasteiger partial charge in [0.15, 0.2) is 0 Å². The van der Waals surface area contributed by atoms with Gasteiger partial charge in [0.05, 0.1) is 32.3 Å². The van der Waals surface area contributed by atoms with Crippen molar-refractivity contribution in [2.45, 2.75) is 213 Å². The Bertz CT molecular complexity index is 705. The van der Waals surface area contributed by atoms with Gasteiger partial charge in [-0.3, -0.25) is 9.59 Å². The summed E-state index contributed by atoms with van der Waals surface area (Å²) >= 11 is 0. The van der Waals surface area contributed by atoms with E-state index in [0.29, 0.717) is 45.2 Å². The number of nitrogens with zero attached hydrogens (tertiary/aromatic N) is 1. The van der Waals surface area contributed by atoms with Crippen LogP contribution in [0.2, 0.25) is 0 Å². The van der Waals surface area contributed by atoms with E-state index in [1.54, 1.807) is 0 Å².